The summed E-state index contributed by atoms with van der Waals surface area (Å²) in [5.74, 6) is -0.994. The van der Waals surface area contributed by atoms with E-state index in [-0.39, 0.29) is 36.2 Å². The smallest absolute Gasteiger partial charge is 0.221 e. The van der Waals surface area contributed by atoms with E-state index in [9.17, 15) is 19.2 Å². The Morgan fingerprint density at radius 3 is 2.55 bits per heavy atom. The molecule has 29 heavy (non-hydrogen) atoms. The van der Waals surface area contributed by atoms with Crippen molar-refractivity contribution >= 4 is 50.6 Å². The van der Waals surface area contributed by atoms with Gasteiger partial charge in [0.1, 0.15) is 0 Å². The number of fused-ring (bicyclic) bond motifs is 1. The molecule has 1 heterocycles. The number of hydrogen-bond donors (Lipinski definition) is 2. The van der Waals surface area contributed by atoms with Crippen molar-refractivity contribution in [2.75, 3.05) is 0 Å². The predicted molar refractivity (Wildman–Crippen MR) is 114 cm³/mol. The first-order valence-electron chi connectivity index (χ1n) is 9.34. The summed E-state index contributed by atoms with van der Waals surface area (Å²) in [5.41, 5.74) is 1.19. The highest BCUT2D eigenvalue weighted by Crippen LogP contribution is 2.26. The Morgan fingerprint density at radius 2 is 1.83 bits per heavy atom. The molecule has 0 saturated heterocycles. The van der Waals surface area contributed by atoms with Gasteiger partial charge in [0.2, 0.25) is 11.8 Å². The zero-order chi connectivity index (χ0) is 21.0. The number of aryl methyl sites for hydroxylation is 1. The lowest BCUT2D eigenvalue weighted by Crippen LogP contribution is -2.44. The molecule has 6 nitrogen and oxygen atoms in total. The first kappa shape index (κ1) is 21.4. The molecule has 0 aliphatic heterocycles. The van der Waals surface area contributed by atoms with Crippen molar-refractivity contribution in [1.82, 2.24) is 10.6 Å². The normalized spacial score (nSPS) is 16.6. The first-order valence-corrected chi connectivity index (χ1v) is 11.0. The maximum atomic E-state index is 12.4. The fraction of sp³-hybridized carbons (Fsp3) is 0.333. The lowest BCUT2D eigenvalue weighted by Gasteiger charge is -2.22. The molecule has 0 spiro atoms. The summed E-state index contributed by atoms with van der Waals surface area (Å²) in [4.78, 5) is 50.1. The Hall–Kier alpha value is -2.32. The first-order chi connectivity index (χ1) is 13.8. The number of ketones is 2. The molecule has 2 amide bonds. The van der Waals surface area contributed by atoms with Crippen LogP contribution in [0.5, 0.6) is 0 Å². The standard InChI is InChI=1S/C21H21BrN2O4S/c1-12(20(27)13-2-4-14(22)5-3-13)23-18(25)8-9-19(26)24-16-6-7-17-15(21(16)28)10-11-29-17/h2-5,10-12,16H,6-9H2,1H3,(H,23,25)(H,24,26). The van der Waals surface area contributed by atoms with E-state index in [4.69, 9.17) is 0 Å². The molecule has 3 rings (SSSR count). The molecule has 1 aliphatic carbocycles. The zero-order valence-corrected chi connectivity index (χ0v) is 18.3. The van der Waals surface area contributed by atoms with Crippen LogP contribution < -0.4 is 10.6 Å². The largest absolute Gasteiger partial charge is 0.346 e. The monoisotopic (exact) mass is 476 g/mol. The third kappa shape index (κ3) is 5.39. The summed E-state index contributed by atoms with van der Waals surface area (Å²) in [5, 5.41) is 7.23. The quantitative estimate of drug-likeness (QED) is 0.599. The molecule has 0 saturated carbocycles. The van der Waals surface area contributed by atoms with E-state index in [1.165, 1.54) is 0 Å². The third-order valence-corrected chi connectivity index (χ3v) is 6.31. The van der Waals surface area contributed by atoms with Crippen LogP contribution in [0.4, 0.5) is 0 Å². The lowest BCUT2D eigenvalue weighted by molar-refractivity contribution is -0.126. The number of carbonyl (C=O) groups is 4. The number of nitrogens with one attached hydrogen (secondary N) is 2. The van der Waals surface area contributed by atoms with Crippen LogP contribution in [0.25, 0.3) is 0 Å². The van der Waals surface area contributed by atoms with E-state index in [2.05, 4.69) is 26.6 Å². The van der Waals surface area contributed by atoms with E-state index >= 15 is 0 Å². The number of thiophene rings is 1. The van der Waals surface area contributed by atoms with Gasteiger partial charge in [-0.2, -0.15) is 0 Å². The Labute approximate surface area is 181 Å². The van der Waals surface area contributed by atoms with E-state index in [0.717, 1.165) is 15.8 Å². The van der Waals surface area contributed by atoms with Gasteiger partial charge in [-0.25, -0.2) is 0 Å². The minimum Gasteiger partial charge on any atom is -0.346 e. The van der Waals surface area contributed by atoms with Gasteiger partial charge in [0.05, 0.1) is 12.1 Å². The molecule has 0 bridgehead atoms. The molecule has 2 atom stereocenters. The molecule has 0 radical (unpaired) electrons. The fourth-order valence-corrected chi connectivity index (χ4v) is 4.39. The van der Waals surface area contributed by atoms with Crippen molar-refractivity contribution in [2.24, 2.45) is 0 Å². The Bertz CT molecular complexity index is 938. The molecular formula is C21H21BrN2O4S. The number of halogens is 1. The maximum absolute atomic E-state index is 12.4. The van der Waals surface area contributed by atoms with E-state index in [1.807, 2.05) is 5.38 Å². The second-order valence-electron chi connectivity index (χ2n) is 6.94. The predicted octanol–water partition coefficient (Wildman–Crippen LogP) is 3.29. The number of amides is 2. The summed E-state index contributed by atoms with van der Waals surface area (Å²) < 4.78 is 0.864. The van der Waals surface area contributed by atoms with Crippen molar-refractivity contribution < 1.29 is 19.2 Å². The van der Waals surface area contributed by atoms with Gasteiger partial charge < -0.3 is 10.6 Å². The Morgan fingerprint density at radius 1 is 1.14 bits per heavy atom. The van der Waals surface area contributed by atoms with Crippen LogP contribution in [0, 0.1) is 0 Å². The molecule has 2 aromatic rings. The van der Waals surface area contributed by atoms with E-state index in [0.29, 0.717) is 17.5 Å². The van der Waals surface area contributed by atoms with Crippen LogP contribution in [-0.4, -0.2) is 35.5 Å². The van der Waals surface area contributed by atoms with Crippen molar-refractivity contribution in [2.45, 2.75) is 44.7 Å². The van der Waals surface area contributed by atoms with Crippen LogP contribution in [0.2, 0.25) is 0 Å². The fourth-order valence-electron chi connectivity index (χ4n) is 3.22. The molecular weight excluding hydrogens is 456 g/mol. The molecule has 0 fully saturated rings. The van der Waals surface area contributed by atoms with Gasteiger partial charge in [-0.05, 0) is 43.3 Å². The summed E-state index contributed by atoms with van der Waals surface area (Å²) in [6.07, 6.45) is 1.25. The van der Waals surface area contributed by atoms with Crippen LogP contribution in [-0.2, 0) is 16.0 Å². The zero-order valence-electron chi connectivity index (χ0n) is 15.9. The molecule has 1 aliphatic rings. The molecule has 1 aromatic carbocycles. The highest BCUT2D eigenvalue weighted by molar-refractivity contribution is 9.10. The van der Waals surface area contributed by atoms with Crippen LogP contribution in [0.15, 0.2) is 40.2 Å². The third-order valence-electron chi connectivity index (χ3n) is 4.80. The Balaban J connectivity index is 1.44. The average Bonchev–Trinajstić information content (AvgIpc) is 3.18. The lowest BCUT2D eigenvalue weighted by atomic mass is 9.93. The molecule has 152 valence electrons. The van der Waals surface area contributed by atoms with Crippen LogP contribution in [0.1, 0.15) is 51.8 Å². The summed E-state index contributed by atoms with van der Waals surface area (Å²) in [6, 6.07) is 7.45. The van der Waals surface area contributed by atoms with E-state index < -0.39 is 12.1 Å². The number of rotatable bonds is 7. The number of benzene rings is 1. The average molecular weight is 477 g/mol. The van der Waals surface area contributed by atoms with Crippen molar-refractivity contribution in [3.63, 3.8) is 0 Å². The van der Waals surface area contributed by atoms with Crippen molar-refractivity contribution in [1.29, 1.82) is 0 Å². The van der Waals surface area contributed by atoms with Crippen molar-refractivity contribution in [3.8, 4) is 0 Å². The second-order valence-corrected chi connectivity index (χ2v) is 8.86. The second kappa shape index (κ2) is 9.45. The number of Topliss-reactive ketones (excluding diaryl/α,β-unsaturated/α-hetero) is 2. The minimum atomic E-state index is -0.691. The molecule has 8 heteroatoms. The van der Waals surface area contributed by atoms with Gasteiger partial charge in [0.25, 0.3) is 0 Å². The highest BCUT2D eigenvalue weighted by Gasteiger charge is 2.29. The number of hydrogen-bond acceptors (Lipinski definition) is 5. The molecule has 1 aromatic heterocycles. The minimum absolute atomic E-state index is 0.0364. The van der Waals surface area contributed by atoms with Crippen LogP contribution >= 0.6 is 27.3 Å². The number of carbonyl (C=O) groups excluding carboxylic acids is 4. The topological polar surface area (TPSA) is 92.3 Å². The van der Waals surface area contributed by atoms with Gasteiger partial charge in [-0.15, -0.1) is 11.3 Å². The van der Waals surface area contributed by atoms with Gasteiger partial charge in [0.15, 0.2) is 11.6 Å². The SMILES string of the molecule is CC(NC(=O)CCC(=O)NC1CCc2sccc2C1=O)C(=O)c1ccc(Br)cc1. The maximum Gasteiger partial charge on any atom is 0.221 e. The summed E-state index contributed by atoms with van der Waals surface area (Å²) >= 11 is 4.87. The molecule has 2 N–H and O–H groups in total. The van der Waals surface area contributed by atoms with Gasteiger partial charge in [-0.1, -0.05) is 28.1 Å². The Kier molecular flexibility index (Phi) is 6.97. The van der Waals surface area contributed by atoms with Crippen molar-refractivity contribution in [3.05, 3.63) is 56.2 Å². The molecule has 2 unspecified atom stereocenters. The van der Waals surface area contributed by atoms with Gasteiger partial charge in [-0.3, -0.25) is 19.2 Å². The van der Waals surface area contributed by atoms with E-state index in [1.54, 1.807) is 48.6 Å². The van der Waals surface area contributed by atoms with Crippen LogP contribution in [0.3, 0.4) is 0 Å². The highest BCUT2D eigenvalue weighted by atomic mass is 79.9. The van der Waals surface area contributed by atoms with Gasteiger partial charge >= 0.3 is 0 Å². The summed E-state index contributed by atoms with van der Waals surface area (Å²) in [7, 11) is 0. The van der Waals surface area contributed by atoms with Gasteiger partial charge in [0, 0.05) is 33.3 Å². The summed E-state index contributed by atoms with van der Waals surface area (Å²) in [6.45, 7) is 1.61.